The van der Waals surface area contributed by atoms with E-state index in [-0.39, 0.29) is 11.6 Å². The fraction of sp³-hybridized carbons (Fsp3) is 0.0400. The minimum atomic E-state index is -0.191. The summed E-state index contributed by atoms with van der Waals surface area (Å²) in [6.07, 6.45) is 0. The zero-order valence-corrected chi connectivity index (χ0v) is 18.7. The molecular formula is C25H16Cl2O3S. The second-order valence-corrected chi connectivity index (χ2v) is 8.69. The van der Waals surface area contributed by atoms with Gasteiger partial charge in [0.2, 0.25) is 11.6 Å². The van der Waals surface area contributed by atoms with Crippen LogP contribution in [0.5, 0.6) is 5.75 Å². The van der Waals surface area contributed by atoms with Gasteiger partial charge >= 0.3 is 0 Å². The average Bonchev–Trinajstić information content (AvgIpc) is 3.23. The highest BCUT2D eigenvalue weighted by Gasteiger charge is 2.23. The number of hydrogen-bond acceptors (Lipinski definition) is 4. The number of hydrogen-bond donors (Lipinski definition) is 0. The van der Waals surface area contributed by atoms with Crippen molar-refractivity contribution >= 4 is 46.1 Å². The molecule has 0 saturated heterocycles. The van der Waals surface area contributed by atoms with Crippen LogP contribution in [0, 0.1) is 0 Å². The monoisotopic (exact) mass is 466 g/mol. The van der Waals surface area contributed by atoms with Gasteiger partial charge in [-0.3, -0.25) is 9.59 Å². The van der Waals surface area contributed by atoms with Crippen LogP contribution >= 0.6 is 34.5 Å². The largest absolute Gasteiger partial charge is 0.497 e. The number of methoxy groups -OCH3 is 1. The molecule has 0 bridgehead atoms. The van der Waals surface area contributed by atoms with Gasteiger partial charge in [-0.1, -0.05) is 59.6 Å². The van der Waals surface area contributed by atoms with E-state index < -0.39 is 0 Å². The zero-order chi connectivity index (χ0) is 22.0. The molecule has 0 aliphatic carbocycles. The third-order valence-corrected chi connectivity index (χ3v) is 6.34. The molecule has 4 rings (SSSR count). The van der Waals surface area contributed by atoms with E-state index >= 15 is 0 Å². The quantitative estimate of drug-likeness (QED) is 0.282. The average molecular weight is 467 g/mol. The molecule has 3 aromatic carbocycles. The maximum Gasteiger partial charge on any atom is 0.203 e. The van der Waals surface area contributed by atoms with Gasteiger partial charge in [0.15, 0.2) is 0 Å². The zero-order valence-electron chi connectivity index (χ0n) is 16.4. The molecule has 0 N–H and O–H groups in total. The first-order valence-corrected chi connectivity index (χ1v) is 10.9. The number of ether oxygens (including phenoxy) is 1. The van der Waals surface area contributed by atoms with Gasteiger partial charge in [0.25, 0.3) is 0 Å². The summed E-state index contributed by atoms with van der Waals surface area (Å²) in [5, 5.41) is 0.955. The van der Waals surface area contributed by atoms with Crippen molar-refractivity contribution in [1.82, 2.24) is 0 Å². The molecular weight excluding hydrogens is 451 g/mol. The summed E-state index contributed by atoms with van der Waals surface area (Å²) in [6, 6.07) is 22.7. The highest BCUT2D eigenvalue weighted by atomic mass is 35.5. The SMILES string of the molecule is COc1ccc(-c2cc(C(=O)c3cccc(Cl)c3)sc2C(=O)c2cccc(Cl)c2)cc1. The molecule has 0 unspecified atom stereocenters. The van der Waals surface area contributed by atoms with Gasteiger partial charge in [0.1, 0.15) is 5.75 Å². The third-order valence-electron chi connectivity index (χ3n) is 4.74. The molecule has 4 aromatic rings. The Morgan fingerprint density at radius 2 is 1.35 bits per heavy atom. The van der Waals surface area contributed by atoms with Gasteiger partial charge in [0, 0.05) is 26.7 Å². The van der Waals surface area contributed by atoms with E-state index in [0.717, 1.165) is 5.56 Å². The summed E-state index contributed by atoms with van der Waals surface area (Å²) in [6.45, 7) is 0. The molecule has 1 aromatic heterocycles. The summed E-state index contributed by atoms with van der Waals surface area (Å²) in [4.78, 5) is 27.4. The van der Waals surface area contributed by atoms with Gasteiger partial charge in [-0.15, -0.1) is 11.3 Å². The Balaban J connectivity index is 1.83. The Bertz CT molecular complexity index is 1280. The summed E-state index contributed by atoms with van der Waals surface area (Å²) in [7, 11) is 1.59. The molecule has 0 radical (unpaired) electrons. The van der Waals surface area contributed by atoms with Gasteiger partial charge in [-0.2, -0.15) is 0 Å². The smallest absolute Gasteiger partial charge is 0.203 e. The van der Waals surface area contributed by atoms with Crippen molar-refractivity contribution < 1.29 is 14.3 Å². The molecule has 154 valence electrons. The van der Waals surface area contributed by atoms with Gasteiger partial charge < -0.3 is 4.74 Å². The number of halogens is 2. The van der Waals surface area contributed by atoms with Crippen LogP contribution in [0.3, 0.4) is 0 Å². The Hall–Kier alpha value is -2.92. The van der Waals surface area contributed by atoms with E-state index in [1.165, 1.54) is 11.3 Å². The normalized spacial score (nSPS) is 10.7. The van der Waals surface area contributed by atoms with Gasteiger partial charge in [-0.05, 0) is 48.0 Å². The molecule has 31 heavy (non-hydrogen) atoms. The number of rotatable bonds is 6. The van der Waals surface area contributed by atoms with Crippen molar-refractivity contribution in [2.75, 3.05) is 7.11 Å². The second kappa shape index (κ2) is 9.06. The van der Waals surface area contributed by atoms with Crippen LogP contribution in [0.4, 0.5) is 0 Å². The van der Waals surface area contributed by atoms with Crippen LogP contribution in [-0.4, -0.2) is 18.7 Å². The number of carbonyl (C=O) groups is 2. The molecule has 0 saturated carbocycles. The van der Waals surface area contributed by atoms with Crippen LogP contribution in [0.15, 0.2) is 78.9 Å². The minimum Gasteiger partial charge on any atom is -0.497 e. The van der Waals surface area contributed by atoms with Crippen molar-refractivity contribution in [3.05, 3.63) is 110 Å². The summed E-state index contributed by atoms with van der Waals surface area (Å²) in [5.74, 6) is 0.327. The summed E-state index contributed by atoms with van der Waals surface area (Å²) < 4.78 is 5.23. The topological polar surface area (TPSA) is 43.4 Å². The van der Waals surface area contributed by atoms with Crippen LogP contribution in [0.1, 0.15) is 30.5 Å². The van der Waals surface area contributed by atoms with Crippen molar-refractivity contribution in [1.29, 1.82) is 0 Å². The first kappa shape index (κ1) is 21.3. The Morgan fingerprint density at radius 1 is 0.774 bits per heavy atom. The summed E-state index contributed by atoms with van der Waals surface area (Å²) in [5.41, 5.74) is 2.43. The third kappa shape index (κ3) is 4.57. The van der Waals surface area contributed by atoms with Crippen molar-refractivity contribution in [3.8, 4) is 16.9 Å². The fourth-order valence-corrected chi connectivity index (χ4v) is 4.67. The number of carbonyl (C=O) groups excluding carboxylic acids is 2. The lowest BCUT2D eigenvalue weighted by molar-refractivity contribution is 0.103. The Labute approximate surface area is 193 Å². The lowest BCUT2D eigenvalue weighted by atomic mass is 10.0. The molecule has 0 spiro atoms. The van der Waals surface area contributed by atoms with E-state index in [9.17, 15) is 9.59 Å². The van der Waals surface area contributed by atoms with Gasteiger partial charge in [-0.25, -0.2) is 0 Å². The van der Waals surface area contributed by atoms with E-state index in [1.807, 2.05) is 24.3 Å². The minimum absolute atomic E-state index is 0.188. The molecule has 0 amide bonds. The molecule has 0 fully saturated rings. The van der Waals surface area contributed by atoms with Crippen LogP contribution in [-0.2, 0) is 0 Å². The Kier molecular flexibility index (Phi) is 6.23. The first-order valence-electron chi connectivity index (χ1n) is 9.35. The molecule has 0 aliphatic rings. The highest BCUT2D eigenvalue weighted by molar-refractivity contribution is 7.17. The molecule has 0 atom stereocenters. The van der Waals surface area contributed by atoms with Crippen LogP contribution < -0.4 is 4.74 Å². The van der Waals surface area contributed by atoms with E-state index in [4.69, 9.17) is 27.9 Å². The van der Waals surface area contributed by atoms with Crippen LogP contribution in [0.25, 0.3) is 11.1 Å². The van der Waals surface area contributed by atoms with E-state index in [2.05, 4.69) is 0 Å². The number of thiophene rings is 1. The van der Waals surface area contributed by atoms with Crippen LogP contribution in [0.2, 0.25) is 10.0 Å². The predicted molar refractivity (Wildman–Crippen MR) is 126 cm³/mol. The molecule has 0 aliphatic heterocycles. The number of benzene rings is 3. The molecule has 6 heteroatoms. The van der Waals surface area contributed by atoms with E-state index in [1.54, 1.807) is 61.7 Å². The first-order chi connectivity index (χ1) is 15.0. The lowest BCUT2D eigenvalue weighted by Crippen LogP contribution is -2.00. The van der Waals surface area contributed by atoms with Crippen molar-refractivity contribution in [2.24, 2.45) is 0 Å². The fourth-order valence-electron chi connectivity index (χ4n) is 3.19. The maximum atomic E-state index is 13.3. The maximum absolute atomic E-state index is 13.3. The molecule has 3 nitrogen and oxygen atoms in total. The van der Waals surface area contributed by atoms with E-state index in [0.29, 0.717) is 42.2 Å². The second-order valence-electron chi connectivity index (χ2n) is 6.76. The van der Waals surface area contributed by atoms with Crippen molar-refractivity contribution in [3.63, 3.8) is 0 Å². The summed E-state index contributed by atoms with van der Waals surface area (Å²) >= 11 is 13.3. The predicted octanol–water partition coefficient (Wildman–Crippen LogP) is 7.19. The molecule has 1 heterocycles. The number of ketones is 2. The van der Waals surface area contributed by atoms with Gasteiger partial charge in [0.05, 0.1) is 16.9 Å². The van der Waals surface area contributed by atoms with Crippen molar-refractivity contribution in [2.45, 2.75) is 0 Å². The standard InChI is InChI=1S/C25H16Cl2O3S/c1-30-20-10-8-15(9-11-20)21-14-22(23(28)16-4-2-6-18(26)12-16)31-25(21)24(29)17-5-3-7-19(27)13-17/h2-14H,1H3. The lowest BCUT2D eigenvalue weighted by Gasteiger charge is -2.05. The highest BCUT2D eigenvalue weighted by Crippen LogP contribution is 2.36. The Morgan fingerprint density at radius 3 is 1.90 bits per heavy atom.